The molecule has 6 heteroatoms. The highest BCUT2D eigenvalue weighted by Gasteiger charge is 2.32. The molecule has 1 aromatic rings. The molecule has 0 radical (unpaired) electrons. The van der Waals surface area contributed by atoms with Crippen LogP contribution >= 0.6 is 0 Å². The van der Waals surface area contributed by atoms with Crippen molar-refractivity contribution < 1.29 is 24.2 Å². The van der Waals surface area contributed by atoms with Crippen LogP contribution in [0.2, 0.25) is 0 Å². The second-order valence-electron chi connectivity index (χ2n) is 4.47. The first kappa shape index (κ1) is 14.3. The van der Waals surface area contributed by atoms with Gasteiger partial charge in [-0.25, -0.2) is 4.79 Å². The zero-order valence-corrected chi connectivity index (χ0v) is 11.5. The molecule has 6 nitrogen and oxygen atoms in total. The summed E-state index contributed by atoms with van der Waals surface area (Å²) in [6, 6.07) is 4.82. The predicted molar refractivity (Wildman–Crippen MR) is 71.9 cm³/mol. The molecule has 1 atom stereocenters. The lowest BCUT2D eigenvalue weighted by Gasteiger charge is -2.19. The Labute approximate surface area is 116 Å². The van der Waals surface area contributed by atoms with Crippen molar-refractivity contribution in [2.45, 2.75) is 19.4 Å². The summed E-state index contributed by atoms with van der Waals surface area (Å²) in [6.45, 7) is 2.13. The third kappa shape index (κ3) is 2.75. The van der Waals surface area contributed by atoms with Gasteiger partial charge < -0.3 is 19.5 Å². The van der Waals surface area contributed by atoms with E-state index in [1.807, 2.05) is 0 Å². The molecule has 20 heavy (non-hydrogen) atoms. The molecule has 0 aliphatic carbocycles. The van der Waals surface area contributed by atoms with Crippen molar-refractivity contribution >= 4 is 17.6 Å². The number of benzene rings is 1. The summed E-state index contributed by atoms with van der Waals surface area (Å²) in [7, 11) is 1.49. The Hall–Kier alpha value is -2.08. The average Bonchev–Trinajstić information content (AvgIpc) is 2.77. The van der Waals surface area contributed by atoms with Gasteiger partial charge in [-0.2, -0.15) is 0 Å². The van der Waals surface area contributed by atoms with Gasteiger partial charge in [-0.1, -0.05) is 0 Å². The van der Waals surface area contributed by atoms with Gasteiger partial charge in [-0.05, 0) is 25.1 Å². The largest absolute Gasteiger partial charge is 0.497 e. The van der Waals surface area contributed by atoms with Crippen LogP contribution < -0.4 is 9.64 Å². The molecule has 1 N–H and O–H groups in total. The van der Waals surface area contributed by atoms with Gasteiger partial charge >= 0.3 is 5.97 Å². The van der Waals surface area contributed by atoms with Gasteiger partial charge in [0.1, 0.15) is 5.75 Å². The maximum absolute atomic E-state index is 12.0. The number of carbonyl (C=O) groups excluding carboxylic acids is 2. The monoisotopic (exact) mass is 279 g/mol. The Kier molecular flexibility index (Phi) is 4.24. The Morgan fingerprint density at radius 2 is 2.25 bits per heavy atom. The maximum atomic E-state index is 12.0. The number of β-amino-alcohol motifs (C(OH)–C–C–N with tert-alkyl or cyclic N) is 1. The number of methoxy groups -OCH3 is 1. The molecule has 1 amide bonds. The summed E-state index contributed by atoms with van der Waals surface area (Å²) in [5, 5.41) is 9.56. The van der Waals surface area contributed by atoms with Crippen LogP contribution in [0, 0.1) is 0 Å². The van der Waals surface area contributed by atoms with E-state index in [4.69, 9.17) is 9.47 Å². The van der Waals surface area contributed by atoms with Crippen LogP contribution in [-0.2, 0) is 9.53 Å². The third-order valence-electron chi connectivity index (χ3n) is 3.09. The standard InChI is InChI=1S/C14H17NO5/c1-3-20-14(18)11-7-10(19-2)4-5-12(11)15-8-9(16)6-13(15)17/h4-5,7,9,16H,3,6,8H2,1-2H3. The Morgan fingerprint density at radius 3 is 2.80 bits per heavy atom. The molecule has 1 aliphatic heterocycles. The number of aliphatic hydroxyl groups is 1. The van der Waals surface area contributed by atoms with E-state index in [1.54, 1.807) is 19.1 Å². The fraction of sp³-hybridized carbons (Fsp3) is 0.429. The predicted octanol–water partition coefficient (Wildman–Crippen LogP) is 0.970. The number of nitrogens with zero attached hydrogens (tertiary/aromatic N) is 1. The summed E-state index contributed by atoms with van der Waals surface area (Å²) < 4.78 is 10.1. The summed E-state index contributed by atoms with van der Waals surface area (Å²) in [4.78, 5) is 25.3. The van der Waals surface area contributed by atoms with Crippen LogP contribution in [0.5, 0.6) is 5.75 Å². The van der Waals surface area contributed by atoms with Crippen LogP contribution in [0.15, 0.2) is 18.2 Å². The van der Waals surface area contributed by atoms with Crippen molar-refractivity contribution in [2.24, 2.45) is 0 Å². The topological polar surface area (TPSA) is 76.1 Å². The van der Waals surface area contributed by atoms with E-state index >= 15 is 0 Å². The van der Waals surface area contributed by atoms with Gasteiger partial charge in [-0.3, -0.25) is 4.79 Å². The summed E-state index contributed by atoms with van der Waals surface area (Å²) in [5.74, 6) is -0.229. The molecule has 108 valence electrons. The van der Waals surface area contributed by atoms with E-state index in [2.05, 4.69) is 0 Å². The van der Waals surface area contributed by atoms with Crippen LogP contribution in [-0.4, -0.2) is 43.3 Å². The molecule has 1 unspecified atom stereocenters. The highest BCUT2D eigenvalue weighted by Crippen LogP contribution is 2.29. The van der Waals surface area contributed by atoms with E-state index in [0.29, 0.717) is 11.4 Å². The van der Waals surface area contributed by atoms with Crippen LogP contribution in [0.3, 0.4) is 0 Å². The lowest BCUT2D eigenvalue weighted by Crippen LogP contribution is -2.27. The van der Waals surface area contributed by atoms with E-state index in [-0.39, 0.29) is 31.0 Å². The van der Waals surface area contributed by atoms with E-state index in [9.17, 15) is 14.7 Å². The molecule has 1 aromatic carbocycles. The summed E-state index contributed by atoms with van der Waals surface area (Å²) >= 11 is 0. The molecule has 1 saturated heterocycles. The van der Waals surface area contributed by atoms with Crippen LogP contribution in [0.4, 0.5) is 5.69 Å². The Bertz CT molecular complexity index is 528. The van der Waals surface area contributed by atoms with Crippen molar-refractivity contribution in [1.29, 1.82) is 0 Å². The molecule has 1 fully saturated rings. The zero-order valence-electron chi connectivity index (χ0n) is 11.5. The number of carbonyl (C=O) groups is 2. The fourth-order valence-electron chi connectivity index (χ4n) is 2.17. The zero-order chi connectivity index (χ0) is 14.7. The van der Waals surface area contributed by atoms with Gasteiger partial charge in [-0.15, -0.1) is 0 Å². The number of hydrogen-bond donors (Lipinski definition) is 1. The first-order chi connectivity index (χ1) is 9.56. The quantitative estimate of drug-likeness (QED) is 0.831. The molecule has 0 spiro atoms. The van der Waals surface area contributed by atoms with E-state index < -0.39 is 12.1 Å². The Morgan fingerprint density at radius 1 is 1.50 bits per heavy atom. The number of anilines is 1. The molecule has 1 aliphatic rings. The number of esters is 1. The highest BCUT2D eigenvalue weighted by atomic mass is 16.5. The van der Waals surface area contributed by atoms with Crippen molar-refractivity contribution in [3.05, 3.63) is 23.8 Å². The summed E-state index contributed by atoms with van der Waals surface area (Å²) in [5.41, 5.74) is 0.694. The van der Waals surface area contributed by atoms with Crippen molar-refractivity contribution in [2.75, 3.05) is 25.2 Å². The molecular formula is C14H17NO5. The molecule has 2 rings (SSSR count). The van der Waals surface area contributed by atoms with Crippen molar-refractivity contribution in [1.82, 2.24) is 0 Å². The minimum Gasteiger partial charge on any atom is -0.497 e. The highest BCUT2D eigenvalue weighted by molar-refractivity contribution is 6.04. The van der Waals surface area contributed by atoms with Gasteiger partial charge in [0, 0.05) is 0 Å². The van der Waals surface area contributed by atoms with Crippen molar-refractivity contribution in [3.8, 4) is 5.75 Å². The van der Waals surface area contributed by atoms with Crippen LogP contribution in [0.25, 0.3) is 0 Å². The number of hydrogen-bond acceptors (Lipinski definition) is 5. The normalized spacial score (nSPS) is 18.2. The number of aliphatic hydroxyl groups excluding tert-OH is 1. The second kappa shape index (κ2) is 5.92. The smallest absolute Gasteiger partial charge is 0.340 e. The minimum absolute atomic E-state index is 0.0638. The first-order valence-corrected chi connectivity index (χ1v) is 6.40. The number of ether oxygens (including phenoxy) is 2. The van der Waals surface area contributed by atoms with Gasteiger partial charge in [0.15, 0.2) is 0 Å². The number of rotatable bonds is 4. The molecule has 0 saturated carbocycles. The summed E-state index contributed by atoms with van der Waals surface area (Å²) in [6.07, 6.45) is -0.645. The maximum Gasteiger partial charge on any atom is 0.340 e. The second-order valence-corrected chi connectivity index (χ2v) is 4.47. The SMILES string of the molecule is CCOC(=O)c1cc(OC)ccc1N1CC(O)CC1=O. The van der Waals surface area contributed by atoms with E-state index in [0.717, 1.165) is 0 Å². The minimum atomic E-state index is -0.709. The lowest BCUT2D eigenvalue weighted by atomic mass is 10.1. The molecule has 0 bridgehead atoms. The van der Waals surface area contributed by atoms with Gasteiger partial charge in [0.2, 0.25) is 5.91 Å². The van der Waals surface area contributed by atoms with Crippen LogP contribution in [0.1, 0.15) is 23.7 Å². The average molecular weight is 279 g/mol. The molecule has 0 aromatic heterocycles. The third-order valence-corrected chi connectivity index (χ3v) is 3.09. The van der Waals surface area contributed by atoms with Gasteiger partial charge in [0.25, 0.3) is 0 Å². The van der Waals surface area contributed by atoms with Gasteiger partial charge in [0.05, 0.1) is 44.0 Å². The molecular weight excluding hydrogens is 262 g/mol. The Balaban J connectivity index is 2.41. The van der Waals surface area contributed by atoms with Crippen molar-refractivity contribution in [3.63, 3.8) is 0 Å². The number of amides is 1. The lowest BCUT2D eigenvalue weighted by molar-refractivity contribution is -0.117. The molecule has 1 heterocycles. The van der Waals surface area contributed by atoms with E-state index in [1.165, 1.54) is 18.1 Å². The first-order valence-electron chi connectivity index (χ1n) is 6.40. The fourth-order valence-corrected chi connectivity index (χ4v) is 2.17.